The smallest absolute Gasteiger partial charge is 0.225 e. The molecule has 2 aromatic carbocycles. The lowest BCUT2D eigenvalue weighted by molar-refractivity contribution is -0.125. The number of rotatable bonds is 5. The van der Waals surface area contributed by atoms with E-state index in [1.165, 1.54) is 36.2 Å². The Morgan fingerprint density at radius 3 is 2.70 bits per heavy atom. The number of piperazine rings is 1. The maximum Gasteiger partial charge on any atom is 0.225 e. The topological polar surface area (TPSA) is 44.8 Å². The highest BCUT2D eigenvalue weighted by atomic mass is 19.1. The van der Waals surface area contributed by atoms with Gasteiger partial charge in [0.2, 0.25) is 5.91 Å². The van der Waals surface area contributed by atoms with Crippen LogP contribution < -0.4 is 19.9 Å². The molecule has 30 heavy (non-hydrogen) atoms. The van der Waals surface area contributed by atoms with Crippen LogP contribution in [-0.4, -0.2) is 45.2 Å². The van der Waals surface area contributed by atoms with Crippen molar-refractivity contribution in [2.75, 3.05) is 43.1 Å². The summed E-state index contributed by atoms with van der Waals surface area (Å²) in [5, 5.41) is 3.20. The minimum absolute atomic E-state index is 0.0719. The van der Waals surface area contributed by atoms with Crippen LogP contribution in [0.2, 0.25) is 0 Å². The first-order chi connectivity index (χ1) is 14.6. The minimum Gasteiger partial charge on any atom is -0.497 e. The highest BCUT2D eigenvalue weighted by molar-refractivity contribution is 5.82. The van der Waals surface area contributed by atoms with Crippen molar-refractivity contribution in [3.63, 3.8) is 0 Å². The van der Waals surface area contributed by atoms with E-state index >= 15 is 0 Å². The van der Waals surface area contributed by atoms with Crippen molar-refractivity contribution in [2.24, 2.45) is 11.8 Å². The van der Waals surface area contributed by atoms with E-state index in [0.717, 1.165) is 44.0 Å². The van der Waals surface area contributed by atoms with Gasteiger partial charge in [0, 0.05) is 43.6 Å². The van der Waals surface area contributed by atoms with Gasteiger partial charge in [-0.15, -0.1) is 0 Å². The number of methoxy groups -OCH3 is 1. The second-order valence-corrected chi connectivity index (χ2v) is 8.68. The summed E-state index contributed by atoms with van der Waals surface area (Å²) in [6.07, 6.45) is 3.18. The van der Waals surface area contributed by atoms with Crippen LogP contribution in [0, 0.1) is 17.7 Å². The second kappa shape index (κ2) is 7.82. The quantitative estimate of drug-likeness (QED) is 0.824. The Morgan fingerprint density at radius 2 is 1.97 bits per heavy atom. The van der Waals surface area contributed by atoms with Crippen molar-refractivity contribution in [2.45, 2.75) is 25.3 Å². The fraction of sp³-hybridized carbons (Fsp3) is 0.458. The molecule has 2 heterocycles. The van der Waals surface area contributed by atoms with E-state index in [2.05, 4.69) is 27.2 Å². The van der Waals surface area contributed by atoms with Gasteiger partial charge in [0.1, 0.15) is 11.6 Å². The molecule has 0 aromatic heterocycles. The van der Waals surface area contributed by atoms with Gasteiger partial charge in [-0.3, -0.25) is 4.79 Å². The summed E-state index contributed by atoms with van der Waals surface area (Å²) in [7, 11) is 1.68. The van der Waals surface area contributed by atoms with Gasteiger partial charge in [-0.2, -0.15) is 0 Å². The standard InChI is InChI=1S/C24H28FN3O2/c1-30-20-9-4-17-12-21(24(29)26-14-16-2-3-16)23-15-27(10-11-28(23)22(17)13-20)19-7-5-18(25)6-8-19/h4-9,13,16,21,23H,2-3,10-12,14-15H2,1H3,(H,26,29). The summed E-state index contributed by atoms with van der Waals surface area (Å²) in [6, 6.07) is 12.9. The molecule has 0 bridgehead atoms. The number of nitrogens with zero attached hydrogens (tertiary/aromatic N) is 2. The monoisotopic (exact) mass is 409 g/mol. The Hall–Kier alpha value is -2.76. The van der Waals surface area contributed by atoms with Crippen molar-refractivity contribution in [3.05, 3.63) is 53.8 Å². The predicted octanol–water partition coefficient (Wildman–Crippen LogP) is 3.23. The highest BCUT2D eigenvalue weighted by Crippen LogP contribution is 2.39. The Balaban J connectivity index is 1.43. The summed E-state index contributed by atoms with van der Waals surface area (Å²) in [5.41, 5.74) is 3.38. The molecule has 1 aliphatic carbocycles. The Kier molecular flexibility index (Phi) is 5.01. The highest BCUT2D eigenvalue weighted by Gasteiger charge is 2.42. The van der Waals surface area contributed by atoms with Crippen molar-refractivity contribution in [1.29, 1.82) is 0 Å². The molecule has 2 atom stereocenters. The number of hydrogen-bond acceptors (Lipinski definition) is 4. The van der Waals surface area contributed by atoms with Crippen LogP contribution in [0.1, 0.15) is 18.4 Å². The van der Waals surface area contributed by atoms with E-state index in [0.29, 0.717) is 5.92 Å². The molecular formula is C24H28FN3O2. The second-order valence-electron chi connectivity index (χ2n) is 8.68. The van der Waals surface area contributed by atoms with Gasteiger partial charge in [-0.1, -0.05) is 6.07 Å². The number of amides is 1. The number of ether oxygens (including phenoxy) is 1. The van der Waals surface area contributed by atoms with E-state index in [4.69, 9.17) is 4.74 Å². The third-order valence-electron chi connectivity index (χ3n) is 6.72. The summed E-state index contributed by atoms with van der Waals surface area (Å²) >= 11 is 0. The number of anilines is 2. The normalized spacial score (nSPS) is 22.9. The summed E-state index contributed by atoms with van der Waals surface area (Å²) in [4.78, 5) is 17.8. The molecule has 0 spiro atoms. The van der Waals surface area contributed by atoms with E-state index in [-0.39, 0.29) is 23.7 Å². The average molecular weight is 410 g/mol. The molecule has 3 aliphatic rings. The van der Waals surface area contributed by atoms with Gasteiger partial charge in [-0.05, 0) is 61.1 Å². The summed E-state index contributed by atoms with van der Waals surface area (Å²) in [5.74, 6) is 1.32. The van der Waals surface area contributed by atoms with E-state index in [9.17, 15) is 9.18 Å². The van der Waals surface area contributed by atoms with Crippen molar-refractivity contribution in [1.82, 2.24) is 5.32 Å². The predicted molar refractivity (Wildman–Crippen MR) is 116 cm³/mol. The summed E-state index contributed by atoms with van der Waals surface area (Å²) in [6.45, 7) is 3.17. The van der Waals surface area contributed by atoms with Crippen LogP contribution in [0.3, 0.4) is 0 Å². The summed E-state index contributed by atoms with van der Waals surface area (Å²) < 4.78 is 18.8. The Morgan fingerprint density at radius 1 is 1.17 bits per heavy atom. The lowest BCUT2D eigenvalue weighted by Gasteiger charge is -2.49. The Labute approximate surface area is 176 Å². The molecule has 158 valence electrons. The lowest BCUT2D eigenvalue weighted by atomic mass is 9.83. The molecule has 1 amide bonds. The first-order valence-corrected chi connectivity index (χ1v) is 10.8. The van der Waals surface area contributed by atoms with Crippen molar-refractivity contribution in [3.8, 4) is 5.75 Å². The van der Waals surface area contributed by atoms with E-state index < -0.39 is 0 Å². The van der Waals surface area contributed by atoms with Crippen molar-refractivity contribution >= 4 is 17.3 Å². The zero-order valence-corrected chi connectivity index (χ0v) is 17.3. The molecule has 6 heteroatoms. The van der Waals surface area contributed by atoms with Gasteiger partial charge < -0.3 is 19.9 Å². The van der Waals surface area contributed by atoms with E-state index in [1.807, 2.05) is 18.2 Å². The lowest BCUT2D eigenvalue weighted by Crippen LogP contribution is -2.61. The fourth-order valence-electron chi connectivity index (χ4n) is 4.79. The molecular weight excluding hydrogens is 381 g/mol. The number of nitrogens with one attached hydrogen (secondary N) is 1. The first kappa shape index (κ1) is 19.2. The zero-order chi connectivity index (χ0) is 20.7. The molecule has 1 saturated carbocycles. The van der Waals surface area contributed by atoms with Crippen LogP contribution >= 0.6 is 0 Å². The molecule has 1 saturated heterocycles. The van der Waals surface area contributed by atoms with Gasteiger partial charge >= 0.3 is 0 Å². The third kappa shape index (κ3) is 3.71. The van der Waals surface area contributed by atoms with Gasteiger partial charge in [0.25, 0.3) is 0 Å². The number of carbonyl (C=O) groups excluding carboxylic acids is 1. The first-order valence-electron chi connectivity index (χ1n) is 10.8. The number of hydrogen-bond donors (Lipinski definition) is 1. The SMILES string of the molecule is COc1ccc2c(c1)N1CCN(c3ccc(F)cc3)CC1C(C(=O)NCC1CC1)C2. The molecule has 1 N–H and O–H groups in total. The molecule has 0 radical (unpaired) electrons. The fourth-order valence-corrected chi connectivity index (χ4v) is 4.79. The largest absolute Gasteiger partial charge is 0.497 e. The zero-order valence-electron chi connectivity index (χ0n) is 17.3. The van der Waals surface area contributed by atoms with Crippen molar-refractivity contribution < 1.29 is 13.9 Å². The minimum atomic E-state index is -0.228. The van der Waals surface area contributed by atoms with Crippen LogP contribution in [0.4, 0.5) is 15.8 Å². The molecule has 2 unspecified atom stereocenters. The molecule has 2 fully saturated rings. The number of carbonyl (C=O) groups is 1. The number of halogens is 1. The molecule has 2 aliphatic heterocycles. The Bertz CT molecular complexity index is 929. The van der Waals surface area contributed by atoms with Crippen LogP contribution in [-0.2, 0) is 11.2 Å². The maximum absolute atomic E-state index is 13.4. The maximum atomic E-state index is 13.4. The number of fused-ring (bicyclic) bond motifs is 3. The van der Waals surface area contributed by atoms with Gasteiger partial charge in [0.05, 0.1) is 19.1 Å². The molecule has 5 rings (SSSR count). The molecule has 5 nitrogen and oxygen atoms in total. The molecule has 2 aromatic rings. The van der Waals surface area contributed by atoms with E-state index in [1.54, 1.807) is 7.11 Å². The third-order valence-corrected chi connectivity index (χ3v) is 6.72. The van der Waals surface area contributed by atoms with Crippen LogP contribution in [0.15, 0.2) is 42.5 Å². The van der Waals surface area contributed by atoms with Crippen LogP contribution in [0.25, 0.3) is 0 Å². The van der Waals surface area contributed by atoms with Gasteiger partial charge in [0.15, 0.2) is 0 Å². The van der Waals surface area contributed by atoms with Crippen LogP contribution in [0.5, 0.6) is 5.75 Å². The van der Waals surface area contributed by atoms with Gasteiger partial charge in [-0.25, -0.2) is 4.39 Å². The number of benzene rings is 2. The average Bonchev–Trinajstić information content (AvgIpc) is 3.61.